The van der Waals surface area contributed by atoms with E-state index in [-0.39, 0.29) is 35.4 Å². The van der Waals surface area contributed by atoms with Gasteiger partial charge in [-0.05, 0) is 38.2 Å². The number of rotatable bonds is 4. The summed E-state index contributed by atoms with van der Waals surface area (Å²) in [6.45, 7) is 1.91. The van der Waals surface area contributed by atoms with Gasteiger partial charge in [-0.3, -0.25) is 9.59 Å². The number of amides is 1. The minimum absolute atomic E-state index is 0.0100. The Balaban J connectivity index is 1.68. The van der Waals surface area contributed by atoms with Gasteiger partial charge in [0.25, 0.3) is 5.91 Å². The Morgan fingerprint density at radius 1 is 1.22 bits per heavy atom. The van der Waals surface area contributed by atoms with Crippen LogP contribution in [0, 0.1) is 12.3 Å². The highest BCUT2D eigenvalue weighted by Crippen LogP contribution is 2.51. The Labute approximate surface area is 159 Å². The predicted octanol–water partition coefficient (Wildman–Crippen LogP) is 2.29. The molecule has 1 aromatic carbocycles. The fourth-order valence-electron chi connectivity index (χ4n) is 5.12. The Bertz CT molecular complexity index is 921. The Morgan fingerprint density at radius 2 is 1.96 bits per heavy atom. The Kier molecular flexibility index (Phi) is 4.42. The smallest absolute Gasteiger partial charge is 0.271 e. The van der Waals surface area contributed by atoms with Crippen LogP contribution in [0.1, 0.15) is 41.0 Å². The molecule has 4 rings (SSSR count). The molecular formula is C22H26N2O3. The lowest BCUT2D eigenvalue weighted by Crippen LogP contribution is -2.44. The van der Waals surface area contributed by atoms with Crippen LogP contribution in [0.3, 0.4) is 0 Å². The lowest BCUT2D eigenvalue weighted by molar-refractivity contribution is 0.0563. The van der Waals surface area contributed by atoms with Crippen molar-refractivity contribution in [2.45, 2.75) is 44.7 Å². The van der Waals surface area contributed by atoms with Crippen molar-refractivity contribution in [1.82, 2.24) is 9.47 Å². The predicted molar refractivity (Wildman–Crippen MR) is 104 cm³/mol. The Hall–Kier alpha value is -2.40. The average molecular weight is 366 g/mol. The topological polar surface area (TPSA) is 62.5 Å². The van der Waals surface area contributed by atoms with E-state index in [2.05, 4.69) is 12.1 Å². The lowest BCUT2D eigenvalue weighted by Gasteiger charge is -2.36. The van der Waals surface area contributed by atoms with Gasteiger partial charge >= 0.3 is 0 Å². The summed E-state index contributed by atoms with van der Waals surface area (Å²) in [6, 6.07) is 13.3. The standard InChI is InChI=1S/C22H26N2O3/c1-15-10-18(26)11-19(23(15)2)21(27)24-17-8-9-20(24)22(13-17,14-25)12-16-6-4-3-5-7-16/h3-7,10-11,17,20,25H,8-9,12-14H2,1-2H3/t17-,20+,22-/m1/s1. The number of fused-ring (bicyclic) bond motifs is 2. The van der Waals surface area contributed by atoms with Crippen LogP contribution in [-0.4, -0.2) is 39.2 Å². The van der Waals surface area contributed by atoms with Crippen molar-refractivity contribution in [1.29, 1.82) is 0 Å². The third kappa shape index (κ3) is 2.90. The van der Waals surface area contributed by atoms with Gasteiger partial charge in [0, 0.05) is 42.4 Å². The largest absolute Gasteiger partial charge is 0.396 e. The molecule has 3 heterocycles. The zero-order valence-electron chi connectivity index (χ0n) is 15.9. The van der Waals surface area contributed by atoms with Crippen LogP contribution in [0.2, 0.25) is 0 Å². The van der Waals surface area contributed by atoms with E-state index >= 15 is 0 Å². The molecular weight excluding hydrogens is 340 g/mol. The fraction of sp³-hybridized carbons (Fsp3) is 0.455. The van der Waals surface area contributed by atoms with Gasteiger partial charge in [-0.15, -0.1) is 0 Å². The molecule has 2 saturated heterocycles. The molecule has 1 amide bonds. The third-order valence-electron chi connectivity index (χ3n) is 6.54. The maximum atomic E-state index is 13.4. The van der Waals surface area contributed by atoms with Crippen molar-refractivity contribution in [2.24, 2.45) is 12.5 Å². The first-order valence-corrected chi connectivity index (χ1v) is 9.60. The van der Waals surface area contributed by atoms with Gasteiger partial charge in [0.2, 0.25) is 0 Å². The summed E-state index contributed by atoms with van der Waals surface area (Å²) in [7, 11) is 1.82. The van der Waals surface area contributed by atoms with Gasteiger partial charge in [-0.2, -0.15) is 0 Å². The van der Waals surface area contributed by atoms with Crippen LogP contribution in [-0.2, 0) is 13.5 Å². The Morgan fingerprint density at radius 3 is 2.67 bits per heavy atom. The number of aliphatic hydroxyl groups is 1. The summed E-state index contributed by atoms with van der Waals surface area (Å²) in [6.07, 6.45) is 3.45. The second kappa shape index (κ2) is 6.64. The minimum Gasteiger partial charge on any atom is -0.396 e. The van der Waals surface area contributed by atoms with E-state index in [9.17, 15) is 14.7 Å². The molecule has 0 aliphatic carbocycles. The number of carbonyl (C=O) groups is 1. The molecule has 2 aliphatic heterocycles. The van der Waals surface area contributed by atoms with E-state index in [0.717, 1.165) is 31.4 Å². The van der Waals surface area contributed by atoms with Crippen LogP contribution < -0.4 is 5.43 Å². The molecule has 2 aromatic rings. The van der Waals surface area contributed by atoms with E-state index in [1.54, 1.807) is 10.6 Å². The fourth-order valence-corrected chi connectivity index (χ4v) is 5.12. The van der Waals surface area contributed by atoms with E-state index in [0.29, 0.717) is 5.69 Å². The van der Waals surface area contributed by atoms with Gasteiger partial charge in [0.05, 0.1) is 6.61 Å². The SMILES string of the molecule is Cc1cc(=O)cc(C(=O)N2[C@@H]3CC[C@H]2[C@](CO)(Cc2ccccc2)C3)n1C. The first-order valence-electron chi connectivity index (χ1n) is 9.60. The number of aliphatic hydroxyl groups excluding tert-OH is 1. The first-order chi connectivity index (χ1) is 12.9. The third-order valence-corrected chi connectivity index (χ3v) is 6.54. The number of nitrogens with zero attached hydrogens (tertiary/aromatic N) is 2. The van der Waals surface area contributed by atoms with E-state index < -0.39 is 0 Å². The van der Waals surface area contributed by atoms with Gasteiger partial charge in [-0.25, -0.2) is 0 Å². The molecule has 1 N–H and O–H groups in total. The van der Waals surface area contributed by atoms with Gasteiger partial charge < -0.3 is 14.6 Å². The number of hydrogen-bond acceptors (Lipinski definition) is 3. The molecule has 5 heteroatoms. The molecule has 0 spiro atoms. The highest BCUT2D eigenvalue weighted by atomic mass is 16.3. The average Bonchev–Trinajstić information content (AvgIpc) is 3.21. The zero-order chi connectivity index (χ0) is 19.2. The monoisotopic (exact) mass is 366 g/mol. The molecule has 0 unspecified atom stereocenters. The number of pyridine rings is 1. The summed E-state index contributed by atoms with van der Waals surface area (Å²) in [4.78, 5) is 27.3. The molecule has 0 radical (unpaired) electrons. The van der Waals surface area contributed by atoms with Crippen molar-refractivity contribution in [2.75, 3.05) is 6.61 Å². The molecule has 2 bridgehead atoms. The van der Waals surface area contributed by atoms with Crippen LogP contribution in [0.4, 0.5) is 0 Å². The van der Waals surface area contributed by atoms with Crippen molar-refractivity contribution < 1.29 is 9.90 Å². The van der Waals surface area contributed by atoms with Crippen LogP contribution in [0.15, 0.2) is 47.3 Å². The van der Waals surface area contributed by atoms with Gasteiger partial charge in [0.15, 0.2) is 5.43 Å². The molecule has 1 aromatic heterocycles. The van der Waals surface area contributed by atoms with E-state index in [4.69, 9.17) is 0 Å². The van der Waals surface area contributed by atoms with Crippen molar-refractivity contribution in [3.63, 3.8) is 0 Å². The molecule has 142 valence electrons. The number of carbonyl (C=O) groups excluding carboxylic acids is 1. The highest BCUT2D eigenvalue weighted by molar-refractivity contribution is 5.93. The van der Waals surface area contributed by atoms with Crippen molar-refractivity contribution >= 4 is 5.91 Å². The normalized spacial score (nSPS) is 26.6. The van der Waals surface area contributed by atoms with Gasteiger partial charge in [-0.1, -0.05) is 30.3 Å². The summed E-state index contributed by atoms with van der Waals surface area (Å²) in [5, 5.41) is 10.3. The molecule has 5 nitrogen and oxygen atoms in total. The molecule has 0 saturated carbocycles. The second-order valence-corrected chi connectivity index (χ2v) is 8.12. The van der Waals surface area contributed by atoms with Crippen molar-refractivity contribution in [3.05, 3.63) is 69.6 Å². The van der Waals surface area contributed by atoms with Gasteiger partial charge in [0.1, 0.15) is 5.69 Å². The zero-order valence-corrected chi connectivity index (χ0v) is 15.9. The van der Waals surface area contributed by atoms with Crippen LogP contribution >= 0.6 is 0 Å². The summed E-state index contributed by atoms with van der Waals surface area (Å²) in [5.41, 5.74) is 1.95. The number of hydrogen-bond donors (Lipinski definition) is 1. The molecule has 27 heavy (non-hydrogen) atoms. The first kappa shape index (κ1) is 18.0. The number of aryl methyl sites for hydroxylation is 1. The van der Waals surface area contributed by atoms with Crippen molar-refractivity contribution in [3.8, 4) is 0 Å². The van der Waals surface area contributed by atoms with E-state index in [1.165, 1.54) is 11.6 Å². The minimum atomic E-state index is -0.303. The summed E-state index contributed by atoms with van der Waals surface area (Å²) >= 11 is 0. The molecule has 2 aliphatic rings. The maximum absolute atomic E-state index is 13.4. The molecule has 3 atom stereocenters. The van der Waals surface area contributed by atoms with Crippen LogP contribution in [0.25, 0.3) is 0 Å². The summed E-state index contributed by atoms with van der Waals surface area (Å²) < 4.78 is 1.79. The number of benzene rings is 1. The van der Waals surface area contributed by atoms with Crippen LogP contribution in [0.5, 0.6) is 0 Å². The lowest BCUT2D eigenvalue weighted by atomic mass is 9.70. The highest BCUT2D eigenvalue weighted by Gasteiger charge is 2.57. The quantitative estimate of drug-likeness (QED) is 0.903. The number of aromatic nitrogens is 1. The van der Waals surface area contributed by atoms with E-state index in [1.807, 2.05) is 37.1 Å². The second-order valence-electron chi connectivity index (χ2n) is 8.12. The maximum Gasteiger partial charge on any atom is 0.271 e. The summed E-state index contributed by atoms with van der Waals surface area (Å²) in [5.74, 6) is -0.0887. The molecule has 2 fully saturated rings.